The highest BCUT2D eigenvalue weighted by atomic mass is 35.5. The number of amides is 1. The number of nitrogens with one attached hydrogen (secondary N) is 1. The molecular formula is C13H18ClNO3S2. The Hall–Kier alpha value is -0.590. The van der Waals surface area contributed by atoms with Gasteiger partial charge in [-0.05, 0) is 31.9 Å². The van der Waals surface area contributed by atoms with Gasteiger partial charge in [-0.15, -0.1) is 11.3 Å². The molecule has 112 valence electrons. The predicted molar refractivity (Wildman–Crippen MR) is 81.8 cm³/mol. The predicted octanol–water partition coefficient (Wildman–Crippen LogP) is 2.76. The maximum atomic E-state index is 12.2. The number of carbonyl (C=O) groups excluding carboxylic acids is 1. The molecule has 0 saturated heterocycles. The van der Waals surface area contributed by atoms with Crippen LogP contribution in [0.4, 0.5) is 0 Å². The topological polar surface area (TPSA) is 63.2 Å². The molecule has 0 spiro atoms. The van der Waals surface area contributed by atoms with Crippen LogP contribution in [0, 0.1) is 0 Å². The number of hydrogen-bond acceptors (Lipinski definition) is 4. The average molecular weight is 336 g/mol. The molecule has 1 saturated carbocycles. The van der Waals surface area contributed by atoms with E-state index in [2.05, 4.69) is 5.32 Å². The average Bonchev–Trinajstić information content (AvgIpc) is 3.00. The molecule has 0 bridgehead atoms. The summed E-state index contributed by atoms with van der Waals surface area (Å²) in [5.41, 5.74) is 0. The minimum atomic E-state index is -3.50. The first-order valence-electron chi connectivity index (χ1n) is 6.64. The molecule has 1 aromatic heterocycles. The maximum Gasteiger partial charge on any atom is 0.238 e. The normalized spacial score (nSPS) is 18.1. The second-order valence-electron chi connectivity index (χ2n) is 5.15. The van der Waals surface area contributed by atoms with Crippen molar-refractivity contribution in [2.24, 2.45) is 0 Å². The summed E-state index contributed by atoms with van der Waals surface area (Å²) in [6, 6.07) is 3.49. The van der Waals surface area contributed by atoms with Gasteiger partial charge in [0.25, 0.3) is 0 Å². The van der Waals surface area contributed by atoms with Crippen molar-refractivity contribution in [3.05, 3.63) is 21.3 Å². The van der Waals surface area contributed by atoms with E-state index in [9.17, 15) is 13.2 Å². The van der Waals surface area contributed by atoms with Crippen LogP contribution in [-0.2, 0) is 20.4 Å². The smallest absolute Gasteiger partial charge is 0.238 e. The van der Waals surface area contributed by atoms with Crippen molar-refractivity contribution in [1.82, 2.24) is 5.32 Å². The maximum absolute atomic E-state index is 12.2. The lowest BCUT2D eigenvalue weighted by molar-refractivity contribution is -0.121. The van der Waals surface area contributed by atoms with Gasteiger partial charge in [-0.2, -0.15) is 0 Å². The van der Waals surface area contributed by atoms with E-state index < -0.39 is 15.1 Å². The first-order valence-corrected chi connectivity index (χ1v) is 9.55. The first-order chi connectivity index (χ1) is 9.38. The zero-order chi connectivity index (χ0) is 14.8. The van der Waals surface area contributed by atoms with E-state index in [0.717, 1.165) is 25.7 Å². The number of sulfone groups is 1. The van der Waals surface area contributed by atoms with Gasteiger partial charge in [-0.25, -0.2) is 8.42 Å². The third kappa shape index (κ3) is 3.96. The van der Waals surface area contributed by atoms with Crippen molar-refractivity contribution in [1.29, 1.82) is 0 Å². The summed E-state index contributed by atoms with van der Waals surface area (Å²) in [7, 11) is -3.50. The first kappa shape index (κ1) is 15.8. The van der Waals surface area contributed by atoms with E-state index in [1.165, 1.54) is 18.3 Å². The molecule has 0 aliphatic heterocycles. The Balaban J connectivity index is 1.98. The molecule has 0 unspecified atom stereocenters. The monoisotopic (exact) mass is 335 g/mol. The number of rotatable bonds is 5. The number of carbonyl (C=O) groups is 1. The van der Waals surface area contributed by atoms with Crippen molar-refractivity contribution in [2.75, 3.05) is 0 Å². The summed E-state index contributed by atoms with van der Waals surface area (Å²) in [6.45, 7) is 1.45. The Morgan fingerprint density at radius 2 is 2.10 bits per heavy atom. The van der Waals surface area contributed by atoms with Crippen LogP contribution in [0.25, 0.3) is 0 Å². The van der Waals surface area contributed by atoms with Gasteiger partial charge in [0, 0.05) is 10.9 Å². The number of thiophene rings is 1. The summed E-state index contributed by atoms with van der Waals surface area (Å²) in [6.07, 6.45) is 4.08. The molecule has 1 aromatic rings. The zero-order valence-electron chi connectivity index (χ0n) is 11.3. The van der Waals surface area contributed by atoms with Gasteiger partial charge in [0.1, 0.15) is 5.25 Å². The SMILES string of the molecule is C[C@@H](C(=O)NC1CCCC1)S(=O)(=O)Cc1ccc(Cl)s1. The minimum absolute atomic E-state index is 0.135. The van der Waals surface area contributed by atoms with Gasteiger partial charge >= 0.3 is 0 Å². The second kappa shape index (κ2) is 6.45. The zero-order valence-corrected chi connectivity index (χ0v) is 13.7. The lowest BCUT2D eigenvalue weighted by Crippen LogP contribution is -2.42. The standard InChI is InChI=1S/C13H18ClNO3S2/c1-9(13(16)15-10-4-2-3-5-10)20(17,18)8-11-6-7-12(14)19-11/h6-7,9-10H,2-5,8H2,1H3,(H,15,16)/t9-/m0/s1. The van der Waals surface area contributed by atoms with E-state index in [-0.39, 0.29) is 17.7 Å². The second-order valence-corrected chi connectivity index (χ2v) is 9.27. The van der Waals surface area contributed by atoms with Crippen molar-refractivity contribution in [3.63, 3.8) is 0 Å². The molecule has 7 heteroatoms. The quantitative estimate of drug-likeness (QED) is 0.900. The summed E-state index contributed by atoms with van der Waals surface area (Å²) >= 11 is 7.02. The van der Waals surface area contributed by atoms with Crippen LogP contribution in [-0.4, -0.2) is 25.6 Å². The van der Waals surface area contributed by atoms with E-state index in [0.29, 0.717) is 9.21 Å². The summed E-state index contributed by atoms with van der Waals surface area (Å²) in [5.74, 6) is -0.525. The molecule has 1 heterocycles. The highest BCUT2D eigenvalue weighted by molar-refractivity contribution is 7.92. The van der Waals surface area contributed by atoms with E-state index >= 15 is 0 Å². The van der Waals surface area contributed by atoms with Gasteiger partial charge in [0.2, 0.25) is 5.91 Å². The molecule has 1 aliphatic rings. The third-order valence-electron chi connectivity index (χ3n) is 3.58. The van der Waals surface area contributed by atoms with Crippen LogP contribution >= 0.6 is 22.9 Å². The number of halogens is 1. The molecule has 2 rings (SSSR count). The van der Waals surface area contributed by atoms with Crippen molar-refractivity contribution in [2.45, 2.75) is 49.7 Å². The number of hydrogen-bond donors (Lipinski definition) is 1. The van der Waals surface area contributed by atoms with Gasteiger partial charge in [0.05, 0.1) is 10.1 Å². The Kier molecular flexibility index (Phi) is 5.09. The molecular weight excluding hydrogens is 318 g/mol. The fourth-order valence-corrected chi connectivity index (χ4v) is 5.05. The molecule has 1 aliphatic carbocycles. The van der Waals surface area contributed by atoms with Crippen molar-refractivity contribution < 1.29 is 13.2 Å². The van der Waals surface area contributed by atoms with Crippen LogP contribution < -0.4 is 5.32 Å². The molecule has 4 nitrogen and oxygen atoms in total. The Labute approximate surface area is 128 Å². The Morgan fingerprint density at radius 1 is 1.45 bits per heavy atom. The van der Waals surface area contributed by atoms with Gasteiger partial charge in [-0.1, -0.05) is 24.4 Å². The molecule has 1 atom stereocenters. The molecule has 0 radical (unpaired) electrons. The lowest BCUT2D eigenvalue weighted by atomic mass is 10.2. The van der Waals surface area contributed by atoms with Crippen molar-refractivity contribution >= 4 is 38.7 Å². The fraction of sp³-hybridized carbons (Fsp3) is 0.615. The largest absolute Gasteiger partial charge is 0.352 e. The van der Waals surface area contributed by atoms with E-state index in [1.54, 1.807) is 12.1 Å². The Morgan fingerprint density at radius 3 is 2.65 bits per heavy atom. The molecule has 0 aromatic carbocycles. The van der Waals surface area contributed by atoms with Crippen LogP contribution in [0.3, 0.4) is 0 Å². The summed E-state index contributed by atoms with van der Waals surface area (Å²) < 4.78 is 25.0. The van der Waals surface area contributed by atoms with Crippen molar-refractivity contribution in [3.8, 4) is 0 Å². The highest BCUT2D eigenvalue weighted by Gasteiger charge is 2.30. The summed E-state index contributed by atoms with van der Waals surface area (Å²) in [4.78, 5) is 12.7. The Bertz CT molecular complexity index is 576. The van der Waals surface area contributed by atoms with Gasteiger partial charge in [-0.3, -0.25) is 4.79 Å². The minimum Gasteiger partial charge on any atom is -0.352 e. The summed E-state index contributed by atoms with van der Waals surface area (Å²) in [5, 5.41) is 1.81. The van der Waals surface area contributed by atoms with Crippen LogP contribution in [0.15, 0.2) is 12.1 Å². The molecule has 1 fully saturated rings. The van der Waals surface area contributed by atoms with E-state index in [4.69, 9.17) is 11.6 Å². The molecule has 1 amide bonds. The van der Waals surface area contributed by atoms with Gasteiger partial charge in [0.15, 0.2) is 9.84 Å². The highest BCUT2D eigenvalue weighted by Crippen LogP contribution is 2.24. The van der Waals surface area contributed by atoms with Crippen LogP contribution in [0.5, 0.6) is 0 Å². The molecule has 1 N–H and O–H groups in total. The lowest BCUT2D eigenvalue weighted by Gasteiger charge is -2.16. The van der Waals surface area contributed by atoms with Crippen LogP contribution in [0.2, 0.25) is 4.34 Å². The fourth-order valence-electron chi connectivity index (χ4n) is 2.30. The third-order valence-corrected chi connectivity index (χ3v) is 7.00. The molecule has 20 heavy (non-hydrogen) atoms. The van der Waals surface area contributed by atoms with Gasteiger partial charge < -0.3 is 5.32 Å². The van der Waals surface area contributed by atoms with E-state index in [1.807, 2.05) is 0 Å². The van der Waals surface area contributed by atoms with Crippen LogP contribution in [0.1, 0.15) is 37.5 Å².